The molecule has 0 aromatic carbocycles. The Labute approximate surface area is 71.6 Å². The molecule has 1 atom stereocenters. The summed E-state index contributed by atoms with van der Waals surface area (Å²) in [5, 5.41) is 8.78. The van der Waals surface area contributed by atoms with Crippen LogP contribution in [0.2, 0.25) is 0 Å². The lowest BCUT2D eigenvalue weighted by Gasteiger charge is -2.07. The highest BCUT2D eigenvalue weighted by Crippen LogP contribution is 2.02. The molecular formula is C9H13NO2. The van der Waals surface area contributed by atoms with Crippen molar-refractivity contribution in [1.29, 1.82) is 0 Å². The maximum absolute atomic E-state index is 10.3. The SMILES string of the molecule is CC(CO)Cn1ccc(C=O)c1. The third-order valence-corrected chi connectivity index (χ3v) is 1.74. The molecule has 1 aromatic heterocycles. The van der Waals surface area contributed by atoms with Gasteiger partial charge in [0.2, 0.25) is 0 Å². The summed E-state index contributed by atoms with van der Waals surface area (Å²) in [4.78, 5) is 10.3. The van der Waals surface area contributed by atoms with Crippen molar-refractivity contribution in [3.63, 3.8) is 0 Å². The molecule has 0 saturated heterocycles. The lowest BCUT2D eigenvalue weighted by molar-refractivity contribution is 0.112. The molecule has 3 nitrogen and oxygen atoms in total. The molecule has 66 valence electrons. The summed E-state index contributed by atoms with van der Waals surface area (Å²) in [6.07, 6.45) is 4.44. The third kappa shape index (κ3) is 2.20. The summed E-state index contributed by atoms with van der Waals surface area (Å²) >= 11 is 0. The number of hydrogen-bond donors (Lipinski definition) is 1. The number of hydrogen-bond acceptors (Lipinski definition) is 2. The number of aromatic nitrogens is 1. The molecule has 0 bridgehead atoms. The largest absolute Gasteiger partial charge is 0.396 e. The summed E-state index contributed by atoms with van der Waals surface area (Å²) in [7, 11) is 0. The third-order valence-electron chi connectivity index (χ3n) is 1.74. The molecule has 0 radical (unpaired) electrons. The fraction of sp³-hybridized carbons (Fsp3) is 0.444. The average Bonchev–Trinajstić information content (AvgIpc) is 2.52. The van der Waals surface area contributed by atoms with E-state index < -0.39 is 0 Å². The van der Waals surface area contributed by atoms with E-state index in [0.717, 1.165) is 12.8 Å². The molecule has 1 N–H and O–H groups in total. The summed E-state index contributed by atoms with van der Waals surface area (Å²) in [6.45, 7) is 2.89. The minimum Gasteiger partial charge on any atom is -0.396 e. The van der Waals surface area contributed by atoms with Crippen LogP contribution in [0.4, 0.5) is 0 Å². The second kappa shape index (κ2) is 4.07. The number of aliphatic hydroxyl groups is 1. The fourth-order valence-electron chi connectivity index (χ4n) is 1.06. The Morgan fingerprint density at radius 2 is 2.50 bits per heavy atom. The molecule has 1 unspecified atom stereocenters. The quantitative estimate of drug-likeness (QED) is 0.678. The summed E-state index contributed by atoms with van der Waals surface area (Å²) in [6, 6.07) is 1.76. The molecule has 0 spiro atoms. The van der Waals surface area contributed by atoms with E-state index in [4.69, 9.17) is 5.11 Å². The summed E-state index contributed by atoms with van der Waals surface area (Å²) in [5.41, 5.74) is 0.681. The molecule has 0 aliphatic heterocycles. The predicted molar refractivity (Wildman–Crippen MR) is 46.1 cm³/mol. The highest BCUT2D eigenvalue weighted by atomic mass is 16.3. The Bertz CT molecular complexity index is 255. The number of aliphatic hydroxyl groups excluding tert-OH is 1. The highest BCUT2D eigenvalue weighted by molar-refractivity contribution is 5.74. The van der Waals surface area contributed by atoms with Crippen molar-refractivity contribution >= 4 is 6.29 Å². The second-order valence-electron chi connectivity index (χ2n) is 3.05. The van der Waals surface area contributed by atoms with Gasteiger partial charge in [-0.25, -0.2) is 0 Å². The molecule has 3 heteroatoms. The molecule has 1 heterocycles. The average molecular weight is 167 g/mol. The van der Waals surface area contributed by atoms with Crippen LogP contribution in [0.3, 0.4) is 0 Å². The van der Waals surface area contributed by atoms with Gasteiger partial charge in [-0.3, -0.25) is 4.79 Å². The first-order valence-electron chi connectivity index (χ1n) is 3.98. The van der Waals surface area contributed by atoms with Gasteiger partial charge in [-0.15, -0.1) is 0 Å². The van der Waals surface area contributed by atoms with Crippen LogP contribution < -0.4 is 0 Å². The molecule has 0 amide bonds. The van der Waals surface area contributed by atoms with Gasteiger partial charge in [-0.05, 0) is 12.0 Å². The molecule has 0 saturated carbocycles. The van der Waals surface area contributed by atoms with Gasteiger partial charge in [0.05, 0.1) is 0 Å². The number of nitrogens with zero attached hydrogens (tertiary/aromatic N) is 1. The van der Waals surface area contributed by atoms with Crippen molar-refractivity contribution in [3.8, 4) is 0 Å². The topological polar surface area (TPSA) is 42.2 Å². The summed E-state index contributed by atoms with van der Waals surface area (Å²) in [5.74, 6) is 0.233. The zero-order valence-corrected chi connectivity index (χ0v) is 7.10. The van der Waals surface area contributed by atoms with Crippen LogP contribution >= 0.6 is 0 Å². The Morgan fingerprint density at radius 3 is 3.00 bits per heavy atom. The van der Waals surface area contributed by atoms with Gasteiger partial charge in [-0.1, -0.05) is 6.92 Å². The van der Waals surface area contributed by atoms with Crippen LogP contribution in [0.25, 0.3) is 0 Å². The van der Waals surface area contributed by atoms with Crippen LogP contribution in [0.15, 0.2) is 18.5 Å². The smallest absolute Gasteiger partial charge is 0.151 e. The maximum Gasteiger partial charge on any atom is 0.151 e. The Hall–Kier alpha value is -1.09. The second-order valence-corrected chi connectivity index (χ2v) is 3.05. The van der Waals surface area contributed by atoms with Crippen LogP contribution in [0, 0.1) is 5.92 Å². The highest BCUT2D eigenvalue weighted by Gasteiger charge is 2.01. The fourth-order valence-corrected chi connectivity index (χ4v) is 1.06. The van der Waals surface area contributed by atoms with Gasteiger partial charge in [-0.2, -0.15) is 0 Å². The number of carbonyl (C=O) groups excluding carboxylic acids is 1. The van der Waals surface area contributed by atoms with Gasteiger partial charge in [0.15, 0.2) is 6.29 Å². The van der Waals surface area contributed by atoms with E-state index in [1.807, 2.05) is 17.7 Å². The van der Waals surface area contributed by atoms with Crippen molar-refractivity contribution in [3.05, 3.63) is 24.0 Å². The summed E-state index contributed by atoms with van der Waals surface area (Å²) < 4.78 is 1.91. The van der Waals surface area contributed by atoms with E-state index in [1.165, 1.54) is 0 Å². The zero-order valence-electron chi connectivity index (χ0n) is 7.10. The minimum absolute atomic E-state index is 0.175. The first-order chi connectivity index (χ1) is 5.76. The molecule has 1 aromatic rings. The van der Waals surface area contributed by atoms with E-state index >= 15 is 0 Å². The minimum atomic E-state index is 0.175. The normalized spacial score (nSPS) is 12.8. The van der Waals surface area contributed by atoms with Gasteiger partial charge >= 0.3 is 0 Å². The van der Waals surface area contributed by atoms with Gasteiger partial charge in [0.1, 0.15) is 0 Å². The predicted octanol–water partition coefficient (Wildman–Crippen LogP) is 0.929. The van der Waals surface area contributed by atoms with E-state index in [2.05, 4.69) is 0 Å². The molecule has 0 aliphatic carbocycles. The van der Waals surface area contributed by atoms with Gasteiger partial charge in [0.25, 0.3) is 0 Å². The van der Waals surface area contributed by atoms with Crippen LogP contribution in [0.5, 0.6) is 0 Å². The molecule has 0 aliphatic rings. The number of carbonyl (C=O) groups is 1. The Kier molecular flexibility index (Phi) is 3.05. The molecule has 12 heavy (non-hydrogen) atoms. The van der Waals surface area contributed by atoms with Crippen molar-refractivity contribution in [2.24, 2.45) is 5.92 Å². The van der Waals surface area contributed by atoms with Crippen LogP contribution in [0.1, 0.15) is 17.3 Å². The van der Waals surface area contributed by atoms with E-state index in [1.54, 1.807) is 12.3 Å². The standard InChI is InChI=1S/C9H13NO2/c1-8(6-11)4-10-3-2-9(5-10)7-12/h2-3,5,7-8,11H,4,6H2,1H3. The molecule has 0 fully saturated rings. The maximum atomic E-state index is 10.3. The van der Waals surface area contributed by atoms with Gasteiger partial charge in [0, 0.05) is 31.1 Å². The first-order valence-corrected chi connectivity index (χ1v) is 3.98. The monoisotopic (exact) mass is 167 g/mol. The van der Waals surface area contributed by atoms with Gasteiger partial charge < -0.3 is 9.67 Å². The molecular weight excluding hydrogens is 154 g/mol. The van der Waals surface area contributed by atoms with Crippen molar-refractivity contribution in [2.75, 3.05) is 6.61 Å². The van der Waals surface area contributed by atoms with Crippen molar-refractivity contribution < 1.29 is 9.90 Å². The Balaban J connectivity index is 2.57. The number of rotatable bonds is 4. The first kappa shape index (κ1) is 9.00. The number of aldehydes is 1. The van der Waals surface area contributed by atoms with Crippen LogP contribution in [-0.2, 0) is 6.54 Å². The molecule has 1 rings (SSSR count). The van der Waals surface area contributed by atoms with E-state index in [9.17, 15) is 4.79 Å². The van der Waals surface area contributed by atoms with E-state index in [0.29, 0.717) is 5.56 Å². The lowest BCUT2D eigenvalue weighted by atomic mass is 10.2. The lowest BCUT2D eigenvalue weighted by Crippen LogP contribution is -2.09. The Morgan fingerprint density at radius 1 is 1.75 bits per heavy atom. The van der Waals surface area contributed by atoms with E-state index in [-0.39, 0.29) is 12.5 Å². The van der Waals surface area contributed by atoms with Crippen molar-refractivity contribution in [1.82, 2.24) is 4.57 Å². The zero-order chi connectivity index (χ0) is 8.97. The van der Waals surface area contributed by atoms with Crippen LogP contribution in [-0.4, -0.2) is 22.6 Å². The van der Waals surface area contributed by atoms with Crippen molar-refractivity contribution in [2.45, 2.75) is 13.5 Å².